The number of rotatable bonds is 6. The van der Waals surface area contributed by atoms with Crippen LogP contribution in [0.4, 0.5) is 23.2 Å². The molecule has 3 heterocycles. The van der Waals surface area contributed by atoms with Gasteiger partial charge in [0.25, 0.3) is 0 Å². The minimum absolute atomic E-state index is 0.0679. The normalized spacial score (nSPS) is 11.5. The zero-order valence-electron chi connectivity index (χ0n) is 18.1. The SMILES string of the molecule is Cn1cc(Cc2ncc(-c3ccc(CC(=O)Nc4cnc(Cl)c(C(F)(F)F)c4)c(F)c3)cn2)cn1. The molecule has 0 aliphatic carbocycles. The third kappa shape index (κ3) is 5.99. The lowest BCUT2D eigenvalue weighted by Gasteiger charge is -2.11. The summed E-state index contributed by atoms with van der Waals surface area (Å²) in [6, 6.07) is 4.95. The number of hydrogen-bond acceptors (Lipinski definition) is 5. The van der Waals surface area contributed by atoms with Gasteiger partial charge in [-0.25, -0.2) is 19.3 Å². The third-order valence-corrected chi connectivity index (χ3v) is 5.29. The molecule has 0 spiro atoms. The first-order chi connectivity index (χ1) is 16.6. The smallest absolute Gasteiger partial charge is 0.324 e. The van der Waals surface area contributed by atoms with Crippen molar-refractivity contribution in [2.75, 3.05) is 5.32 Å². The van der Waals surface area contributed by atoms with Crippen LogP contribution >= 0.6 is 11.6 Å². The molecule has 0 saturated carbocycles. The monoisotopic (exact) mass is 504 g/mol. The summed E-state index contributed by atoms with van der Waals surface area (Å²) in [5.41, 5.74) is 0.739. The van der Waals surface area contributed by atoms with Crippen LogP contribution in [0, 0.1) is 5.82 Å². The number of benzene rings is 1. The van der Waals surface area contributed by atoms with Gasteiger partial charge < -0.3 is 5.32 Å². The quantitative estimate of drug-likeness (QED) is 0.299. The van der Waals surface area contributed by atoms with Crippen LogP contribution in [0.25, 0.3) is 11.1 Å². The van der Waals surface area contributed by atoms with Crippen LogP contribution in [0.2, 0.25) is 5.15 Å². The lowest BCUT2D eigenvalue weighted by molar-refractivity contribution is -0.137. The molecule has 0 aliphatic rings. The van der Waals surface area contributed by atoms with Crippen LogP contribution in [-0.4, -0.2) is 30.6 Å². The van der Waals surface area contributed by atoms with Gasteiger partial charge in [0.05, 0.1) is 30.1 Å². The lowest BCUT2D eigenvalue weighted by atomic mass is 10.0. The van der Waals surface area contributed by atoms with E-state index in [0.29, 0.717) is 29.4 Å². The molecule has 1 aromatic carbocycles. The molecule has 12 heteroatoms. The summed E-state index contributed by atoms with van der Waals surface area (Å²) in [7, 11) is 1.81. The van der Waals surface area contributed by atoms with Crippen LogP contribution in [0.5, 0.6) is 0 Å². The molecule has 35 heavy (non-hydrogen) atoms. The number of halogens is 5. The Morgan fingerprint density at radius 3 is 2.43 bits per heavy atom. The second kappa shape index (κ2) is 9.79. The van der Waals surface area contributed by atoms with E-state index in [1.54, 1.807) is 29.3 Å². The summed E-state index contributed by atoms with van der Waals surface area (Å²) in [5, 5.41) is 5.64. The van der Waals surface area contributed by atoms with E-state index >= 15 is 0 Å². The molecular formula is C23H17ClF4N6O. The molecule has 0 fully saturated rings. The van der Waals surface area contributed by atoms with Gasteiger partial charge in [0.2, 0.25) is 5.91 Å². The van der Waals surface area contributed by atoms with E-state index in [1.807, 2.05) is 13.2 Å². The van der Waals surface area contributed by atoms with Gasteiger partial charge in [-0.05, 0) is 28.8 Å². The summed E-state index contributed by atoms with van der Waals surface area (Å²) in [6.45, 7) is 0. The molecule has 0 unspecified atom stereocenters. The third-order valence-electron chi connectivity index (χ3n) is 4.99. The Hall–Kier alpha value is -3.86. The fourth-order valence-corrected chi connectivity index (χ4v) is 3.51. The fourth-order valence-electron chi connectivity index (χ4n) is 3.30. The molecule has 0 radical (unpaired) electrons. The van der Waals surface area contributed by atoms with E-state index in [1.165, 1.54) is 12.1 Å². The number of alkyl halides is 3. The van der Waals surface area contributed by atoms with Crippen molar-refractivity contribution in [2.45, 2.75) is 19.0 Å². The Bertz CT molecular complexity index is 1370. The van der Waals surface area contributed by atoms with Crippen molar-refractivity contribution < 1.29 is 22.4 Å². The summed E-state index contributed by atoms with van der Waals surface area (Å²) in [4.78, 5) is 24.3. The second-order valence-corrected chi connectivity index (χ2v) is 8.04. The first-order valence-electron chi connectivity index (χ1n) is 10.2. The van der Waals surface area contributed by atoms with Gasteiger partial charge in [0.15, 0.2) is 0 Å². The highest BCUT2D eigenvalue weighted by Gasteiger charge is 2.34. The highest BCUT2D eigenvalue weighted by atomic mass is 35.5. The molecular weight excluding hydrogens is 488 g/mol. The molecule has 3 aromatic heterocycles. The molecule has 7 nitrogen and oxygen atoms in total. The number of pyridine rings is 1. The van der Waals surface area contributed by atoms with Crippen molar-refractivity contribution in [2.24, 2.45) is 7.05 Å². The molecule has 0 bridgehead atoms. The molecule has 1 N–H and O–H groups in total. The van der Waals surface area contributed by atoms with Crippen molar-refractivity contribution in [3.63, 3.8) is 0 Å². The zero-order valence-corrected chi connectivity index (χ0v) is 18.9. The predicted octanol–water partition coefficient (Wildman–Crippen LogP) is 4.86. The Kier molecular flexibility index (Phi) is 6.79. The van der Waals surface area contributed by atoms with Crippen LogP contribution in [-0.2, 0) is 30.9 Å². The Morgan fingerprint density at radius 2 is 1.80 bits per heavy atom. The average Bonchev–Trinajstić information content (AvgIpc) is 3.20. The Balaban J connectivity index is 1.42. The van der Waals surface area contributed by atoms with Crippen LogP contribution < -0.4 is 5.32 Å². The van der Waals surface area contributed by atoms with Crippen LogP contribution in [0.15, 0.2) is 55.2 Å². The van der Waals surface area contributed by atoms with Gasteiger partial charge in [-0.1, -0.05) is 23.7 Å². The summed E-state index contributed by atoms with van der Waals surface area (Å²) >= 11 is 5.47. The van der Waals surface area contributed by atoms with Crippen LogP contribution in [0.3, 0.4) is 0 Å². The second-order valence-electron chi connectivity index (χ2n) is 7.68. The molecule has 1 amide bonds. The molecule has 0 atom stereocenters. The molecule has 0 saturated heterocycles. The maximum atomic E-state index is 14.7. The Morgan fingerprint density at radius 1 is 1.06 bits per heavy atom. The summed E-state index contributed by atoms with van der Waals surface area (Å²) in [5.74, 6) is -0.778. The zero-order chi connectivity index (χ0) is 25.2. The number of carbonyl (C=O) groups is 1. The largest absolute Gasteiger partial charge is 0.419 e. The summed E-state index contributed by atoms with van der Waals surface area (Å²) in [6.07, 6.45) is 3.11. The number of nitrogens with one attached hydrogen (secondary N) is 1. The summed E-state index contributed by atoms with van der Waals surface area (Å²) < 4.78 is 55.2. The molecule has 180 valence electrons. The van der Waals surface area contributed by atoms with Gasteiger partial charge in [-0.15, -0.1) is 0 Å². The highest BCUT2D eigenvalue weighted by molar-refractivity contribution is 6.30. The van der Waals surface area contributed by atoms with E-state index in [0.717, 1.165) is 11.8 Å². The van der Waals surface area contributed by atoms with E-state index < -0.39 is 35.0 Å². The van der Waals surface area contributed by atoms with Crippen molar-refractivity contribution in [1.82, 2.24) is 24.7 Å². The van der Waals surface area contributed by atoms with E-state index in [9.17, 15) is 22.4 Å². The van der Waals surface area contributed by atoms with Gasteiger partial charge in [0, 0.05) is 37.6 Å². The van der Waals surface area contributed by atoms with Gasteiger partial charge in [0.1, 0.15) is 16.8 Å². The topological polar surface area (TPSA) is 85.6 Å². The lowest BCUT2D eigenvalue weighted by Crippen LogP contribution is -2.16. The molecule has 0 aliphatic heterocycles. The standard InChI is InChI=1S/C23H17ClF4N6O/c1-34-12-13(8-32-34)4-20-29-9-16(10-30-20)14-2-3-15(19(25)5-14)6-21(35)33-17-7-18(23(26,27)28)22(24)31-11-17/h2-3,5,7-12H,4,6H2,1H3,(H,33,35). The maximum absolute atomic E-state index is 14.7. The van der Waals surface area contributed by atoms with E-state index in [4.69, 9.17) is 11.6 Å². The van der Waals surface area contributed by atoms with Crippen LogP contribution in [0.1, 0.15) is 22.5 Å². The number of carbonyl (C=O) groups excluding carboxylic acids is 1. The number of anilines is 1. The molecule has 4 aromatic rings. The minimum Gasteiger partial charge on any atom is -0.324 e. The number of hydrogen-bond donors (Lipinski definition) is 1. The van der Waals surface area contributed by atoms with E-state index in [2.05, 4.69) is 25.4 Å². The number of nitrogens with zero attached hydrogens (tertiary/aromatic N) is 5. The predicted molar refractivity (Wildman–Crippen MR) is 120 cm³/mol. The first-order valence-corrected chi connectivity index (χ1v) is 10.6. The van der Waals surface area contributed by atoms with Gasteiger partial charge in [-0.2, -0.15) is 18.3 Å². The number of aromatic nitrogens is 5. The number of amides is 1. The fraction of sp³-hybridized carbons (Fsp3) is 0.174. The maximum Gasteiger partial charge on any atom is 0.419 e. The minimum atomic E-state index is -4.73. The van der Waals surface area contributed by atoms with Crippen molar-refractivity contribution in [3.8, 4) is 11.1 Å². The number of aryl methyl sites for hydroxylation is 1. The Labute approximate surface area is 201 Å². The first kappa shape index (κ1) is 24.3. The molecule has 4 rings (SSSR count). The van der Waals surface area contributed by atoms with Gasteiger partial charge >= 0.3 is 6.18 Å². The average molecular weight is 505 g/mol. The highest BCUT2D eigenvalue weighted by Crippen LogP contribution is 2.35. The van der Waals surface area contributed by atoms with Crippen molar-refractivity contribution >= 4 is 23.2 Å². The van der Waals surface area contributed by atoms with Gasteiger partial charge in [-0.3, -0.25) is 9.48 Å². The van der Waals surface area contributed by atoms with Crippen molar-refractivity contribution in [1.29, 1.82) is 0 Å². The van der Waals surface area contributed by atoms with E-state index in [-0.39, 0.29) is 11.3 Å². The van der Waals surface area contributed by atoms with Crippen molar-refractivity contribution in [3.05, 3.63) is 88.7 Å².